The van der Waals surface area contributed by atoms with Crippen molar-refractivity contribution < 1.29 is 19.5 Å². The molecular formula is C12H17N3O4. The lowest BCUT2D eigenvalue weighted by molar-refractivity contribution is -0.139. The van der Waals surface area contributed by atoms with Gasteiger partial charge in [0, 0.05) is 32.5 Å². The maximum Gasteiger partial charge on any atom is 0.327 e. The molecule has 1 rings (SSSR count). The SMILES string of the molecule is C#CCC(NC(=O)NC1CCC(=O)N(C)C1)C(=O)O. The molecule has 2 atom stereocenters. The molecule has 1 aliphatic rings. The first kappa shape index (κ1) is 14.8. The van der Waals surface area contributed by atoms with Gasteiger partial charge in [-0.15, -0.1) is 12.3 Å². The molecule has 104 valence electrons. The predicted octanol–water partition coefficient (Wildman–Crippen LogP) is -0.617. The van der Waals surface area contributed by atoms with Crippen molar-refractivity contribution in [1.29, 1.82) is 0 Å². The molecule has 0 aromatic carbocycles. The molecule has 0 radical (unpaired) electrons. The Labute approximate surface area is 111 Å². The lowest BCUT2D eigenvalue weighted by atomic mass is 10.1. The van der Waals surface area contributed by atoms with E-state index in [1.54, 1.807) is 7.05 Å². The Hall–Kier alpha value is -2.23. The highest BCUT2D eigenvalue weighted by Gasteiger charge is 2.25. The fourth-order valence-corrected chi connectivity index (χ4v) is 1.83. The predicted molar refractivity (Wildman–Crippen MR) is 67.2 cm³/mol. The van der Waals surface area contributed by atoms with Crippen LogP contribution in [0.25, 0.3) is 0 Å². The van der Waals surface area contributed by atoms with Gasteiger partial charge in [-0.05, 0) is 6.42 Å². The second-order valence-corrected chi connectivity index (χ2v) is 4.43. The summed E-state index contributed by atoms with van der Waals surface area (Å²) < 4.78 is 0. The van der Waals surface area contributed by atoms with Crippen molar-refractivity contribution in [3.63, 3.8) is 0 Å². The molecule has 19 heavy (non-hydrogen) atoms. The average molecular weight is 267 g/mol. The van der Waals surface area contributed by atoms with Crippen LogP contribution in [0.1, 0.15) is 19.3 Å². The number of aliphatic carboxylic acids is 1. The van der Waals surface area contributed by atoms with Crippen LogP contribution in [0.3, 0.4) is 0 Å². The van der Waals surface area contributed by atoms with E-state index in [0.29, 0.717) is 19.4 Å². The molecule has 1 fully saturated rings. The van der Waals surface area contributed by atoms with E-state index in [2.05, 4.69) is 16.6 Å². The number of rotatable bonds is 4. The van der Waals surface area contributed by atoms with Gasteiger partial charge in [-0.1, -0.05) is 0 Å². The van der Waals surface area contributed by atoms with E-state index < -0.39 is 18.0 Å². The minimum Gasteiger partial charge on any atom is -0.480 e. The number of urea groups is 1. The molecule has 3 N–H and O–H groups in total. The minimum atomic E-state index is -1.18. The Morgan fingerprint density at radius 3 is 2.84 bits per heavy atom. The van der Waals surface area contributed by atoms with Crippen molar-refractivity contribution in [3.05, 3.63) is 0 Å². The number of likely N-dealkylation sites (tertiary alicyclic amines) is 1. The second kappa shape index (κ2) is 6.64. The quantitative estimate of drug-likeness (QED) is 0.591. The van der Waals surface area contributed by atoms with Gasteiger partial charge in [-0.25, -0.2) is 9.59 Å². The van der Waals surface area contributed by atoms with E-state index in [-0.39, 0.29) is 18.4 Å². The number of nitrogens with one attached hydrogen (secondary N) is 2. The molecule has 1 aliphatic heterocycles. The van der Waals surface area contributed by atoms with Gasteiger partial charge in [0.2, 0.25) is 5.91 Å². The first-order valence-electron chi connectivity index (χ1n) is 5.91. The summed E-state index contributed by atoms with van der Waals surface area (Å²) in [5.74, 6) is 1.05. The molecule has 1 saturated heterocycles. The molecule has 0 aliphatic carbocycles. The number of nitrogens with zero attached hydrogens (tertiary/aromatic N) is 1. The largest absolute Gasteiger partial charge is 0.480 e. The molecule has 0 aromatic heterocycles. The summed E-state index contributed by atoms with van der Waals surface area (Å²) in [4.78, 5) is 35.3. The second-order valence-electron chi connectivity index (χ2n) is 4.43. The Morgan fingerprint density at radius 2 is 2.32 bits per heavy atom. The van der Waals surface area contributed by atoms with Crippen LogP contribution >= 0.6 is 0 Å². The third-order valence-electron chi connectivity index (χ3n) is 2.89. The van der Waals surface area contributed by atoms with Crippen LogP contribution in [0.4, 0.5) is 4.79 Å². The van der Waals surface area contributed by atoms with E-state index in [1.165, 1.54) is 4.90 Å². The Morgan fingerprint density at radius 1 is 1.63 bits per heavy atom. The first-order valence-corrected chi connectivity index (χ1v) is 5.91. The van der Waals surface area contributed by atoms with E-state index in [1.807, 2.05) is 0 Å². The van der Waals surface area contributed by atoms with Crippen LogP contribution in [0.15, 0.2) is 0 Å². The maximum atomic E-state index is 11.6. The summed E-state index contributed by atoms with van der Waals surface area (Å²) in [6, 6.07) is -1.87. The van der Waals surface area contributed by atoms with Gasteiger partial charge in [-0.2, -0.15) is 0 Å². The van der Waals surface area contributed by atoms with E-state index in [9.17, 15) is 14.4 Å². The van der Waals surface area contributed by atoms with Gasteiger partial charge in [0.05, 0.1) is 0 Å². The molecule has 0 spiro atoms. The number of carboxylic acid groups (broad SMARTS) is 1. The van der Waals surface area contributed by atoms with Crippen LogP contribution in [0, 0.1) is 12.3 Å². The maximum absolute atomic E-state index is 11.6. The zero-order valence-electron chi connectivity index (χ0n) is 10.7. The highest BCUT2D eigenvalue weighted by molar-refractivity contribution is 5.83. The fourth-order valence-electron chi connectivity index (χ4n) is 1.83. The third-order valence-corrected chi connectivity index (χ3v) is 2.89. The summed E-state index contributed by atoms with van der Waals surface area (Å²) >= 11 is 0. The first-order chi connectivity index (χ1) is 8.93. The fraction of sp³-hybridized carbons (Fsp3) is 0.583. The van der Waals surface area contributed by atoms with Crippen LogP contribution < -0.4 is 10.6 Å². The van der Waals surface area contributed by atoms with E-state index in [0.717, 1.165) is 0 Å². The topological polar surface area (TPSA) is 98.7 Å². The lowest BCUT2D eigenvalue weighted by Crippen LogP contribution is -2.53. The third kappa shape index (κ3) is 4.50. The number of carboxylic acids is 1. The molecule has 3 amide bonds. The van der Waals surface area contributed by atoms with Gasteiger partial charge < -0.3 is 20.6 Å². The number of carbonyl (C=O) groups is 3. The van der Waals surface area contributed by atoms with Gasteiger partial charge in [0.15, 0.2) is 0 Å². The molecule has 0 bridgehead atoms. The highest BCUT2D eigenvalue weighted by Crippen LogP contribution is 2.09. The summed E-state index contributed by atoms with van der Waals surface area (Å²) in [5.41, 5.74) is 0. The number of piperidine rings is 1. The summed E-state index contributed by atoms with van der Waals surface area (Å²) in [5, 5.41) is 13.8. The van der Waals surface area contributed by atoms with Gasteiger partial charge in [0.1, 0.15) is 6.04 Å². The number of carbonyl (C=O) groups excluding carboxylic acids is 2. The molecular weight excluding hydrogens is 250 g/mol. The summed E-state index contributed by atoms with van der Waals surface area (Å²) in [6.07, 6.45) is 5.87. The molecule has 0 saturated carbocycles. The van der Waals surface area contributed by atoms with Crippen molar-refractivity contribution in [1.82, 2.24) is 15.5 Å². The van der Waals surface area contributed by atoms with Gasteiger partial charge in [-0.3, -0.25) is 4.79 Å². The zero-order chi connectivity index (χ0) is 14.4. The normalized spacial score (nSPS) is 20.3. The molecule has 2 unspecified atom stereocenters. The standard InChI is InChI=1S/C12H17N3O4/c1-3-4-9(11(17)18)14-12(19)13-8-5-6-10(16)15(2)7-8/h1,8-9H,4-7H2,2H3,(H,17,18)(H2,13,14,19). The lowest BCUT2D eigenvalue weighted by Gasteiger charge is -2.30. The van der Waals surface area contributed by atoms with Crippen LogP contribution in [-0.2, 0) is 9.59 Å². The van der Waals surface area contributed by atoms with E-state index in [4.69, 9.17) is 11.5 Å². The number of hydrogen-bond donors (Lipinski definition) is 3. The Bertz CT molecular complexity index is 416. The number of amides is 3. The smallest absolute Gasteiger partial charge is 0.327 e. The summed E-state index contributed by atoms with van der Waals surface area (Å²) in [6.45, 7) is 0.416. The number of terminal acetylenes is 1. The van der Waals surface area contributed by atoms with Crippen molar-refractivity contribution in [2.75, 3.05) is 13.6 Å². The molecule has 1 heterocycles. The van der Waals surface area contributed by atoms with E-state index >= 15 is 0 Å². The average Bonchev–Trinajstić information content (AvgIpc) is 2.33. The van der Waals surface area contributed by atoms with Crippen molar-refractivity contribution in [2.45, 2.75) is 31.3 Å². The monoisotopic (exact) mass is 267 g/mol. The van der Waals surface area contributed by atoms with Crippen molar-refractivity contribution >= 4 is 17.9 Å². The van der Waals surface area contributed by atoms with Crippen molar-refractivity contribution in [3.8, 4) is 12.3 Å². The zero-order valence-corrected chi connectivity index (χ0v) is 10.7. The van der Waals surface area contributed by atoms with Gasteiger partial charge >= 0.3 is 12.0 Å². The Balaban J connectivity index is 2.44. The minimum absolute atomic E-state index is 0.0363. The number of hydrogen-bond acceptors (Lipinski definition) is 3. The Kier molecular flexibility index (Phi) is 5.18. The van der Waals surface area contributed by atoms with Crippen LogP contribution in [0.5, 0.6) is 0 Å². The van der Waals surface area contributed by atoms with Gasteiger partial charge in [0.25, 0.3) is 0 Å². The van der Waals surface area contributed by atoms with Crippen molar-refractivity contribution in [2.24, 2.45) is 0 Å². The molecule has 7 heteroatoms. The molecule has 0 aromatic rings. The van der Waals surface area contributed by atoms with Crippen LogP contribution in [0.2, 0.25) is 0 Å². The molecule has 7 nitrogen and oxygen atoms in total. The highest BCUT2D eigenvalue weighted by atomic mass is 16.4. The summed E-state index contributed by atoms with van der Waals surface area (Å²) in [7, 11) is 1.66. The van der Waals surface area contributed by atoms with Crippen LogP contribution in [-0.4, -0.2) is 53.6 Å². The number of likely N-dealkylation sites (N-methyl/N-ethyl adjacent to an activating group) is 1.